The molecule has 29 heavy (non-hydrogen) atoms. The van der Waals surface area contributed by atoms with Gasteiger partial charge >= 0.3 is 0 Å². The van der Waals surface area contributed by atoms with Crippen molar-refractivity contribution in [2.24, 2.45) is 0 Å². The highest BCUT2D eigenvalue weighted by Crippen LogP contribution is 2.44. The first-order valence-electron chi connectivity index (χ1n) is 10.1. The lowest BCUT2D eigenvalue weighted by molar-refractivity contribution is 0.408. The highest BCUT2D eigenvalue weighted by Gasteiger charge is 2.31. The van der Waals surface area contributed by atoms with Crippen molar-refractivity contribution >= 4 is 23.5 Å². The predicted molar refractivity (Wildman–Crippen MR) is 111 cm³/mol. The number of H-pyrrole nitrogens is 1. The summed E-state index contributed by atoms with van der Waals surface area (Å²) < 4.78 is 23.7. The Kier molecular flexibility index (Phi) is 4.83. The molecular weight excluding hydrogens is 389 g/mol. The van der Waals surface area contributed by atoms with Gasteiger partial charge < -0.3 is 9.73 Å². The molecule has 5 rings (SSSR count). The molecule has 8 heteroatoms. The van der Waals surface area contributed by atoms with Gasteiger partial charge in [0.2, 0.25) is 0 Å². The predicted octanol–water partition coefficient (Wildman–Crippen LogP) is 5.57. The van der Waals surface area contributed by atoms with Crippen LogP contribution >= 0.6 is 11.9 Å². The molecule has 2 aliphatic rings. The minimum atomic E-state index is -0.211. The topological polar surface area (TPSA) is 78.8 Å². The van der Waals surface area contributed by atoms with Gasteiger partial charge in [0, 0.05) is 46.5 Å². The molecule has 0 amide bonds. The maximum Gasteiger partial charge on any atom is 0.196 e. The van der Waals surface area contributed by atoms with Gasteiger partial charge in [-0.25, -0.2) is 9.37 Å². The van der Waals surface area contributed by atoms with E-state index in [1.807, 2.05) is 18.3 Å². The number of hydrogen-bond donors (Lipinski definition) is 3. The van der Waals surface area contributed by atoms with Crippen LogP contribution < -0.4 is 10.0 Å². The number of aromatic nitrogens is 3. The van der Waals surface area contributed by atoms with Crippen LogP contribution in [0.1, 0.15) is 73.8 Å². The van der Waals surface area contributed by atoms with Crippen LogP contribution in [0.15, 0.2) is 33.7 Å². The number of rotatable bonds is 5. The number of benzene rings is 1. The molecule has 6 nitrogen and oxygen atoms in total. The molecule has 1 fully saturated rings. The van der Waals surface area contributed by atoms with Gasteiger partial charge in [-0.1, -0.05) is 13.8 Å². The fraction of sp³-hybridized carbons (Fsp3) is 0.429. The number of halogens is 1. The van der Waals surface area contributed by atoms with E-state index in [9.17, 15) is 4.39 Å². The Hall–Kier alpha value is -2.32. The molecule has 3 heterocycles. The molecule has 1 saturated carbocycles. The molecule has 3 N–H and O–H groups in total. The third-order valence-corrected chi connectivity index (χ3v) is 6.69. The van der Waals surface area contributed by atoms with Crippen LogP contribution in [0.3, 0.4) is 0 Å². The first-order chi connectivity index (χ1) is 14.1. The molecular formula is C21H24FN5OS. The number of oxazole rings is 1. The maximum atomic E-state index is 14.7. The molecule has 3 aromatic rings. The van der Waals surface area contributed by atoms with Crippen molar-refractivity contribution in [1.29, 1.82) is 0 Å². The lowest BCUT2D eigenvalue weighted by atomic mass is 10.0. The first kappa shape index (κ1) is 18.7. The van der Waals surface area contributed by atoms with Gasteiger partial charge in [-0.05, 0) is 43.3 Å². The molecule has 2 atom stereocenters. The number of nitrogens with one attached hydrogen (secondary N) is 3. The zero-order valence-electron chi connectivity index (χ0n) is 16.5. The van der Waals surface area contributed by atoms with Crippen molar-refractivity contribution in [2.75, 3.05) is 5.32 Å². The molecule has 0 spiro atoms. The van der Waals surface area contributed by atoms with Crippen LogP contribution in [0, 0.1) is 5.82 Å². The average Bonchev–Trinajstić information content (AvgIpc) is 3.49. The maximum absolute atomic E-state index is 14.7. The van der Waals surface area contributed by atoms with Gasteiger partial charge in [0.25, 0.3) is 0 Å². The van der Waals surface area contributed by atoms with Gasteiger partial charge in [-0.2, -0.15) is 5.10 Å². The third kappa shape index (κ3) is 3.55. The number of anilines is 2. The minimum absolute atomic E-state index is 0.211. The van der Waals surface area contributed by atoms with Crippen molar-refractivity contribution in [1.82, 2.24) is 19.9 Å². The minimum Gasteiger partial charge on any atom is -0.445 e. The average molecular weight is 414 g/mol. The van der Waals surface area contributed by atoms with Crippen LogP contribution in [0.5, 0.6) is 0 Å². The van der Waals surface area contributed by atoms with E-state index in [0.29, 0.717) is 41.4 Å². The summed E-state index contributed by atoms with van der Waals surface area (Å²) in [5, 5.41) is 10.6. The molecule has 1 aromatic carbocycles. The van der Waals surface area contributed by atoms with Crippen LogP contribution in [-0.2, 0) is 6.54 Å². The van der Waals surface area contributed by atoms with Crippen LogP contribution in [-0.4, -0.2) is 15.2 Å². The largest absolute Gasteiger partial charge is 0.445 e. The van der Waals surface area contributed by atoms with Crippen molar-refractivity contribution in [3.63, 3.8) is 0 Å². The van der Waals surface area contributed by atoms with Crippen molar-refractivity contribution < 1.29 is 8.81 Å². The lowest BCUT2D eigenvalue weighted by Crippen LogP contribution is -2.00. The summed E-state index contributed by atoms with van der Waals surface area (Å²) >= 11 is 1.47. The molecule has 2 aromatic heterocycles. The summed E-state index contributed by atoms with van der Waals surface area (Å²) in [6, 6.07) is 5.69. The highest BCUT2D eigenvalue weighted by atomic mass is 32.2. The summed E-state index contributed by atoms with van der Waals surface area (Å²) in [5.74, 6) is 3.30. The molecule has 1 aliphatic carbocycles. The number of nitrogens with zero attached hydrogens (tertiary/aromatic N) is 2. The second kappa shape index (κ2) is 7.50. The Bertz CT molecular complexity index is 1030. The van der Waals surface area contributed by atoms with Gasteiger partial charge in [0.1, 0.15) is 5.76 Å². The standard InChI is InChI=1S/C21H24FN5OS/c1-11(2)21-23-10-17(28-21)13-4-3-12(7-13)16-8-19(27-26-16)25-15-5-6-18-14(20(15)22)9-24-29-18/h5-6,8,10-13,24H,3-4,7,9H2,1-2H3,(H2,25,26,27). The second-order valence-electron chi connectivity index (χ2n) is 8.12. The quantitative estimate of drug-likeness (QED) is 0.475. The van der Waals surface area contributed by atoms with E-state index in [1.54, 1.807) is 6.07 Å². The third-order valence-electron chi connectivity index (χ3n) is 5.80. The SMILES string of the molecule is CC(C)c1ncc(C2CCC(c3cc(Nc4ccc5c(c4F)CNS5)n[nH]3)C2)o1. The van der Waals surface area contributed by atoms with Crippen LogP contribution in [0.25, 0.3) is 0 Å². The Balaban J connectivity index is 1.27. The summed E-state index contributed by atoms with van der Waals surface area (Å²) in [4.78, 5) is 5.35. The van der Waals surface area contributed by atoms with Crippen molar-refractivity contribution in [2.45, 2.75) is 62.3 Å². The number of hydrogen-bond acceptors (Lipinski definition) is 6. The van der Waals surface area contributed by atoms with Gasteiger partial charge in [0.15, 0.2) is 17.5 Å². The van der Waals surface area contributed by atoms with Gasteiger partial charge in [0.05, 0.1) is 11.9 Å². The van der Waals surface area contributed by atoms with E-state index in [1.165, 1.54) is 11.9 Å². The molecule has 0 bridgehead atoms. The Morgan fingerprint density at radius 1 is 1.28 bits per heavy atom. The van der Waals surface area contributed by atoms with E-state index in [-0.39, 0.29) is 5.82 Å². The fourth-order valence-electron chi connectivity index (χ4n) is 4.17. The van der Waals surface area contributed by atoms with Gasteiger partial charge in [-0.3, -0.25) is 9.82 Å². The summed E-state index contributed by atoms with van der Waals surface area (Å²) in [6.07, 6.45) is 5.03. The monoisotopic (exact) mass is 413 g/mol. The van der Waals surface area contributed by atoms with E-state index in [2.05, 4.69) is 39.1 Å². The molecule has 1 aliphatic heterocycles. The Morgan fingerprint density at radius 2 is 2.14 bits per heavy atom. The number of aromatic amines is 1. The zero-order valence-corrected chi connectivity index (χ0v) is 17.3. The van der Waals surface area contributed by atoms with Crippen molar-refractivity contribution in [3.05, 3.63) is 53.1 Å². The highest BCUT2D eigenvalue weighted by molar-refractivity contribution is 7.97. The van der Waals surface area contributed by atoms with Gasteiger partial charge in [-0.15, -0.1) is 0 Å². The molecule has 0 radical (unpaired) electrons. The molecule has 0 saturated heterocycles. The van der Waals surface area contributed by atoms with Crippen molar-refractivity contribution in [3.8, 4) is 0 Å². The van der Waals surface area contributed by atoms with Crippen LogP contribution in [0.2, 0.25) is 0 Å². The summed E-state index contributed by atoms with van der Waals surface area (Å²) in [7, 11) is 0. The summed E-state index contributed by atoms with van der Waals surface area (Å²) in [5.41, 5.74) is 2.25. The molecule has 2 unspecified atom stereocenters. The number of fused-ring (bicyclic) bond motifs is 1. The van der Waals surface area contributed by atoms with E-state index in [0.717, 1.165) is 41.5 Å². The fourth-order valence-corrected chi connectivity index (χ4v) is 4.97. The first-order valence-corrected chi connectivity index (χ1v) is 10.9. The van der Waals surface area contributed by atoms with E-state index < -0.39 is 0 Å². The van der Waals surface area contributed by atoms with Crippen LogP contribution in [0.4, 0.5) is 15.9 Å². The smallest absolute Gasteiger partial charge is 0.196 e. The Morgan fingerprint density at radius 3 is 2.97 bits per heavy atom. The summed E-state index contributed by atoms with van der Waals surface area (Å²) in [6.45, 7) is 4.72. The zero-order chi connectivity index (χ0) is 20.0. The van der Waals surface area contributed by atoms with E-state index in [4.69, 9.17) is 4.42 Å². The van der Waals surface area contributed by atoms with E-state index >= 15 is 0 Å². The lowest BCUT2D eigenvalue weighted by Gasteiger charge is -2.08. The molecule has 152 valence electrons. The second-order valence-corrected chi connectivity index (χ2v) is 9.06. The normalized spacial score (nSPS) is 21.1. The Labute approximate surface area is 173 Å².